The Morgan fingerprint density at radius 1 is 1.00 bits per heavy atom. The van der Waals surface area contributed by atoms with Crippen LogP contribution in [0.4, 0.5) is 0 Å². The van der Waals surface area contributed by atoms with E-state index in [1.807, 2.05) is 23.1 Å². The van der Waals surface area contributed by atoms with Gasteiger partial charge >= 0.3 is 0 Å². The van der Waals surface area contributed by atoms with Crippen LogP contribution in [0.1, 0.15) is 61.3 Å². The van der Waals surface area contributed by atoms with Gasteiger partial charge in [-0.2, -0.15) is 0 Å². The molecule has 2 aromatic rings. The van der Waals surface area contributed by atoms with Crippen molar-refractivity contribution in [3.63, 3.8) is 0 Å². The van der Waals surface area contributed by atoms with E-state index in [-0.39, 0.29) is 18.3 Å². The van der Waals surface area contributed by atoms with E-state index in [0.29, 0.717) is 18.4 Å². The summed E-state index contributed by atoms with van der Waals surface area (Å²) in [5.41, 5.74) is 5.48. The lowest BCUT2D eigenvalue weighted by molar-refractivity contribution is -0.131. The normalized spacial score (nSPS) is 17.6. The van der Waals surface area contributed by atoms with E-state index in [0.717, 1.165) is 56.9 Å². The van der Waals surface area contributed by atoms with Gasteiger partial charge in [-0.3, -0.25) is 4.79 Å². The highest BCUT2D eigenvalue weighted by atomic mass is 35.5. The van der Waals surface area contributed by atoms with Crippen molar-refractivity contribution < 1.29 is 4.79 Å². The summed E-state index contributed by atoms with van der Waals surface area (Å²) in [4.78, 5) is 17.3. The van der Waals surface area contributed by atoms with Crippen LogP contribution in [0.5, 0.6) is 0 Å². The molecule has 1 saturated heterocycles. The average molecular weight is 488 g/mol. The largest absolute Gasteiger partial charge is 0.342 e. The Morgan fingerprint density at radius 2 is 1.67 bits per heavy atom. The average Bonchev–Trinajstić information content (AvgIpc) is 3.02. The molecule has 33 heavy (non-hydrogen) atoms. The van der Waals surface area contributed by atoms with Crippen LogP contribution in [0.15, 0.2) is 48.5 Å². The first-order valence-electron chi connectivity index (χ1n) is 12.1. The molecule has 5 heteroatoms. The Balaban J connectivity index is 0.00000306. The van der Waals surface area contributed by atoms with E-state index < -0.39 is 0 Å². The van der Waals surface area contributed by atoms with Crippen molar-refractivity contribution in [3.8, 4) is 0 Å². The van der Waals surface area contributed by atoms with E-state index >= 15 is 0 Å². The Kier molecular flexibility index (Phi) is 9.43. The number of carbonyl (C=O) groups excluding carboxylic acids is 1. The molecule has 0 bridgehead atoms. The number of rotatable bonds is 5. The number of benzene rings is 2. The number of halogens is 2. The number of likely N-dealkylation sites (tertiary alicyclic amines) is 1. The molecule has 2 aliphatic rings. The highest BCUT2D eigenvalue weighted by molar-refractivity contribution is 6.30. The number of nitrogens with zero attached hydrogens (tertiary/aromatic N) is 2. The summed E-state index contributed by atoms with van der Waals surface area (Å²) in [5, 5.41) is 0.778. The van der Waals surface area contributed by atoms with E-state index in [1.165, 1.54) is 22.3 Å². The third kappa shape index (κ3) is 6.85. The quantitative estimate of drug-likeness (QED) is 0.489. The molecule has 178 valence electrons. The van der Waals surface area contributed by atoms with Crippen LogP contribution in [0, 0.1) is 0 Å². The van der Waals surface area contributed by atoms with Crippen LogP contribution in [-0.2, 0) is 17.6 Å². The molecule has 0 spiro atoms. The lowest BCUT2D eigenvalue weighted by atomic mass is 9.89. The van der Waals surface area contributed by atoms with E-state index in [1.54, 1.807) is 0 Å². The van der Waals surface area contributed by atoms with Crippen molar-refractivity contribution in [1.29, 1.82) is 0 Å². The Bertz CT molecular complexity index is 947. The minimum absolute atomic E-state index is 0. The van der Waals surface area contributed by atoms with Crippen molar-refractivity contribution in [2.75, 3.05) is 26.2 Å². The van der Waals surface area contributed by atoms with Crippen molar-refractivity contribution >= 4 is 36.0 Å². The van der Waals surface area contributed by atoms with E-state index in [4.69, 9.17) is 11.6 Å². The zero-order valence-corrected chi connectivity index (χ0v) is 21.4. The second-order valence-electron chi connectivity index (χ2n) is 9.47. The van der Waals surface area contributed by atoms with Gasteiger partial charge in [-0.05, 0) is 79.8 Å². The van der Waals surface area contributed by atoms with Gasteiger partial charge < -0.3 is 9.80 Å². The maximum Gasteiger partial charge on any atom is 0.226 e. The summed E-state index contributed by atoms with van der Waals surface area (Å²) in [6, 6.07) is 15.6. The summed E-state index contributed by atoms with van der Waals surface area (Å²) in [7, 11) is 0. The smallest absolute Gasteiger partial charge is 0.226 e. The van der Waals surface area contributed by atoms with Gasteiger partial charge in [-0.15, -0.1) is 12.4 Å². The predicted molar refractivity (Wildman–Crippen MR) is 141 cm³/mol. The zero-order chi connectivity index (χ0) is 22.5. The number of fused-ring (bicyclic) bond motifs is 1. The third-order valence-corrected chi connectivity index (χ3v) is 7.34. The molecule has 0 saturated carbocycles. The van der Waals surface area contributed by atoms with Gasteiger partial charge in [0, 0.05) is 43.7 Å². The minimum Gasteiger partial charge on any atom is -0.342 e. The number of piperidine rings is 1. The predicted octanol–water partition coefficient (Wildman–Crippen LogP) is 6.38. The molecule has 2 aliphatic heterocycles. The van der Waals surface area contributed by atoms with Crippen LogP contribution in [-0.4, -0.2) is 47.9 Å². The van der Waals surface area contributed by atoms with Crippen LogP contribution in [0.2, 0.25) is 5.02 Å². The fourth-order valence-corrected chi connectivity index (χ4v) is 5.13. The summed E-state index contributed by atoms with van der Waals surface area (Å²) >= 11 is 6.01. The summed E-state index contributed by atoms with van der Waals surface area (Å²) in [6.45, 7) is 8.50. The lowest BCUT2D eigenvalue weighted by Gasteiger charge is -2.32. The van der Waals surface area contributed by atoms with Crippen molar-refractivity contribution in [2.45, 2.75) is 57.9 Å². The molecule has 0 aliphatic carbocycles. The molecule has 0 atom stereocenters. The number of amides is 1. The highest BCUT2D eigenvalue weighted by Gasteiger charge is 2.23. The van der Waals surface area contributed by atoms with Crippen LogP contribution < -0.4 is 0 Å². The first kappa shape index (κ1) is 25.8. The van der Waals surface area contributed by atoms with Gasteiger partial charge in [0.1, 0.15) is 0 Å². The van der Waals surface area contributed by atoms with Gasteiger partial charge in [0.05, 0.1) is 0 Å². The lowest BCUT2D eigenvalue weighted by Crippen LogP contribution is -2.37. The van der Waals surface area contributed by atoms with Crippen molar-refractivity contribution in [1.82, 2.24) is 9.80 Å². The molecule has 0 unspecified atom stereocenters. The first-order chi connectivity index (χ1) is 15.5. The van der Waals surface area contributed by atoms with E-state index in [2.05, 4.69) is 55.2 Å². The molecular weight excluding hydrogens is 451 g/mol. The molecule has 0 N–H and O–H groups in total. The first-order valence-corrected chi connectivity index (χ1v) is 12.4. The standard InChI is InChI=1S/C28H35ClN2O.ClH/c1-21(2)30-16-12-24-7-6-22(20-26(24)15-17-30)4-3-5-28(32)31-18-13-25(14-19-31)23-8-10-27(29)11-9-23;/h3-4,6-11,20-21,25H,5,12-19H2,1-2H3;1H. The maximum atomic E-state index is 12.7. The molecule has 2 aromatic carbocycles. The Hall–Kier alpha value is -1.81. The second kappa shape index (κ2) is 12.1. The third-order valence-electron chi connectivity index (χ3n) is 7.09. The van der Waals surface area contributed by atoms with Crippen molar-refractivity contribution in [2.24, 2.45) is 0 Å². The second-order valence-corrected chi connectivity index (χ2v) is 9.91. The molecule has 0 aromatic heterocycles. The SMILES string of the molecule is CC(C)N1CCc2ccc(C=CCC(=O)N3CCC(c4ccc(Cl)cc4)CC3)cc2CC1.Cl. The fourth-order valence-electron chi connectivity index (χ4n) is 5.00. The summed E-state index contributed by atoms with van der Waals surface area (Å²) < 4.78 is 0. The summed E-state index contributed by atoms with van der Waals surface area (Å²) in [5.74, 6) is 0.760. The van der Waals surface area contributed by atoms with Crippen LogP contribution >= 0.6 is 24.0 Å². The molecular formula is C28H36Cl2N2O. The zero-order valence-electron chi connectivity index (χ0n) is 19.8. The number of carbonyl (C=O) groups is 1. The molecule has 2 heterocycles. The molecule has 1 fully saturated rings. The van der Waals surface area contributed by atoms with Gasteiger partial charge in [-0.25, -0.2) is 0 Å². The van der Waals surface area contributed by atoms with Crippen LogP contribution in [0.25, 0.3) is 6.08 Å². The van der Waals surface area contributed by atoms with Gasteiger partial charge in [0.15, 0.2) is 0 Å². The molecule has 0 radical (unpaired) electrons. The van der Waals surface area contributed by atoms with E-state index in [9.17, 15) is 4.79 Å². The minimum atomic E-state index is 0. The number of hydrogen-bond acceptors (Lipinski definition) is 2. The fraction of sp³-hybridized carbons (Fsp3) is 0.464. The molecule has 3 nitrogen and oxygen atoms in total. The number of hydrogen-bond donors (Lipinski definition) is 0. The Labute approximate surface area is 210 Å². The molecule has 1 amide bonds. The topological polar surface area (TPSA) is 23.6 Å². The van der Waals surface area contributed by atoms with Gasteiger partial charge in [0.25, 0.3) is 0 Å². The van der Waals surface area contributed by atoms with Crippen molar-refractivity contribution in [3.05, 3.63) is 75.8 Å². The monoisotopic (exact) mass is 486 g/mol. The van der Waals surface area contributed by atoms with Gasteiger partial charge in [-0.1, -0.05) is 54.1 Å². The Morgan fingerprint density at radius 3 is 2.33 bits per heavy atom. The van der Waals surface area contributed by atoms with Gasteiger partial charge in [0.2, 0.25) is 5.91 Å². The maximum absolute atomic E-state index is 12.7. The summed E-state index contributed by atoms with van der Waals surface area (Å²) in [6.07, 6.45) is 8.91. The highest BCUT2D eigenvalue weighted by Crippen LogP contribution is 2.29. The van der Waals surface area contributed by atoms with Crippen LogP contribution in [0.3, 0.4) is 0 Å². The molecule has 4 rings (SSSR count).